The van der Waals surface area contributed by atoms with Gasteiger partial charge in [0.1, 0.15) is 5.75 Å². The molecule has 0 aliphatic rings. The monoisotopic (exact) mass is 313 g/mol. The number of aromatic nitrogens is 4. The summed E-state index contributed by atoms with van der Waals surface area (Å²) in [6.45, 7) is 0. The van der Waals surface area contributed by atoms with Gasteiger partial charge in [0.05, 0.1) is 17.5 Å². The summed E-state index contributed by atoms with van der Waals surface area (Å²) in [6.07, 6.45) is 1.20. The molecule has 3 aromatic rings. The lowest BCUT2D eigenvalue weighted by Gasteiger charge is -2.08. The van der Waals surface area contributed by atoms with Crippen molar-refractivity contribution in [2.75, 3.05) is 5.32 Å². The van der Waals surface area contributed by atoms with Gasteiger partial charge >= 0.3 is 6.09 Å². The minimum atomic E-state index is -1.31. The van der Waals surface area contributed by atoms with E-state index < -0.39 is 11.7 Å². The van der Waals surface area contributed by atoms with E-state index in [1.807, 2.05) is 5.32 Å². The first-order valence-electron chi connectivity index (χ1n) is 6.48. The maximum atomic E-state index is 12.4. The van der Waals surface area contributed by atoms with Crippen molar-refractivity contribution in [3.63, 3.8) is 0 Å². The Kier molecular flexibility index (Phi) is 3.37. The lowest BCUT2D eigenvalue weighted by atomic mass is 10.2. The Morgan fingerprint density at radius 3 is 2.78 bits per heavy atom. The van der Waals surface area contributed by atoms with Crippen molar-refractivity contribution in [2.24, 2.45) is 7.05 Å². The highest BCUT2D eigenvalue weighted by molar-refractivity contribution is 5.81. The van der Waals surface area contributed by atoms with E-state index >= 15 is 0 Å². The number of anilines is 1. The second kappa shape index (κ2) is 5.37. The largest absolute Gasteiger partial charge is 0.506 e. The third-order valence-corrected chi connectivity index (χ3v) is 3.19. The first-order chi connectivity index (χ1) is 11.0. The molecule has 9 heteroatoms. The molecular weight excluding hydrogens is 302 g/mol. The van der Waals surface area contributed by atoms with E-state index in [2.05, 4.69) is 15.0 Å². The summed E-state index contributed by atoms with van der Waals surface area (Å²) in [7, 11) is 1.40. The maximum Gasteiger partial charge on any atom is 0.411 e. The zero-order chi connectivity index (χ0) is 16.6. The van der Waals surface area contributed by atoms with Crippen LogP contribution in [-0.4, -0.2) is 35.8 Å². The van der Waals surface area contributed by atoms with Gasteiger partial charge in [0, 0.05) is 18.6 Å². The molecule has 0 unspecified atom stereocenters. The third-order valence-electron chi connectivity index (χ3n) is 3.19. The Morgan fingerprint density at radius 1 is 1.26 bits per heavy atom. The molecule has 0 bridgehead atoms. The zero-order valence-corrected chi connectivity index (χ0v) is 11.9. The standard InChI is InChI=1S/C14H11N5O4/c1-19-12(21)9(6-16-13(19)18-14(22)23)10-3-2-7-4-8(20)5-15-11(7)17-10/h2-6,20H,1H3,(H,16,18)(H,22,23). The van der Waals surface area contributed by atoms with Crippen molar-refractivity contribution >= 4 is 23.1 Å². The zero-order valence-electron chi connectivity index (χ0n) is 11.9. The predicted octanol–water partition coefficient (Wildman–Crippen LogP) is 1.19. The number of fused-ring (bicyclic) bond motifs is 1. The van der Waals surface area contributed by atoms with Crippen LogP contribution in [0, 0.1) is 0 Å². The number of hydrogen-bond donors (Lipinski definition) is 3. The molecule has 3 rings (SSSR count). The Bertz CT molecular complexity index is 983. The molecule has 3 aromatic heterocycles. The number of pyridine rings is 2. The molecule has 0 aliphatic heterocycles. The van der Waals surface area contributed by atoms with Crippen LogP contribution in [0.3, 0.4) is 0 Å². The average Bonchev–Trinajstić information content (AvgIpc) is 2.51. The molecule has 116 valence electrons. The van der Waals surface area contributed by atoms with Crippen molar-refractivity contribution in [1.82, 2.24) is 19.5 Å². The van der Waals surface area contributed by atoms with Gasteiger partial charge in [-0.2, -0.15) is 0 Å². The van der Waals surface area contributed by atoms with Crippen LogP contribution in [0.2, 0.25) is 0 Å². The highest BCUT2D eigenvalue weighted by atomic mass is 16.4. The Morgan fingerprint density at radius 2 is 2.04 bits per heavy atom. The summed E-state index contributed by atoms with van der Waals surface area (Å²) in [6, 6.07) is 4.79. The molecule has 0 atom stereocenters. The first-order valence-corrected chi connectivity index (χ1v) is 6.48. The fraction of sp³-hybridized carbons (Fsp3) is 0.0714. The van der Waals surface area contributed by atoms with Crippen molar-refractivity contribution in [3.8, 4) is 17.0 Å². The fourth-order valence-corrected chi connectivity index (χ4v) is 2.08. The molecule has 9 nitrogen and oxygen atoms in total. The van der Waals surface area contributed by atoms with Crippen LogP contribution < -0.4 is 10.9 Å². The Balaban J connectivity index is 2.11. The van der Waals surface area contributed by atoms with E-state index in [-0.39, 0.29) is 17.3 Å². The number of rotatable bonds is 2. The lowest BCUT2D eigenvalue weighted by Crippen LogP contribution is -2.25. The summed E-state index contributed by atoms with van der Waals surface area (Å²) in [5, 5.41) is 20.8. The summed E-state index contributed by atoms with van der Waals surface area (Å²) in [5.41, 5.74) is 0.482. The molecule has 1 amide bonds. The average molecular weight is 313 g/mol. The molecule has 0 fully saturated rings. The highest BCUT2D eigenvalue weighted by Gasteiger charge is 2.12. The molecule has 0 saturated heterocycles. The number of carboxylic acid groups (broad SMARTS) is 1. The van der Waals surface area contributed by atoms with E-state index in [1.165, 1.54) is 25.5 Å². The lowest BCUT2D eigenvalue weighted by molar-refractivity contribution is 0.209. The number of nitrogens with one attached hydrogen (secondary N) is 1. The summed E-state index contributed by atoms with van der Waals surface area (Å²) < 4.78 is 1.08. The first kappa shape index (κ1) is 14.4. The van der Waals surface area contributed by atoms with Crippen LogP contribution >= 0.6 is 0 Å². The van der Waals surface area contributed by atoms with Crippen molar-refractivity contribution in [1.29, 1.82) is 0 Å². The van der Waals surface area contributed by atoms with Crippen LogP contribution in [0.4, 0.5) is 10.7 Å². The van der Waals surface area contributed by atoms with Crippen LogP contribution in [0.15, 0.2) is 35.4 Å². The van der Waals surface area contributed by atoms with Crippen molar-refractivity contribution in [3.05, 3.63) is 40.9 Å². The van der Waals surface area contributed by atoms with Gasteiger partial charge in [-0.25, -0.2) is 19.7 Å². The normalized spacial score (nSPS) is 10.7. The van der Waals surface area contributed by atoms with E-state index in [0.717, 1.165) is 4.57 Å². The Hall–Kier alpha value is -3.49. The SMILES string of the molecule is Cn1c(NC(=O)O)ncc(-c2ccc3cc(O)cnc3n2)c1=O. The quantitative estimate of drug-likeness (QED) is 0.647. The van der Waals surface area contributed by atoms with Gasteiger partial charge in [-0.15, -0.1) is 0 Å². The van der Waals surface area contributed by atoms with Gasteiger partial charge < -0.3 is 10.2 Å². The molecule has 0 saturated carbocycles. The Labute approximate surface area is 128 Å². The summed E-state index contributed by atoms with van der Waals surface area (Å²) in [4.78, 5) is 35.2. The topological polar surface area (TPSA) is 130 Å². The van der Waals surface area contributed by atoms with Crippen LogP contribution in [0.5, 0.6) is 5.75 Å². The van der Waals surface area contributed by atoms with Gasteiger partial charge in [-0.05, 0) is 18.2 Å². The number of amides is 1. The van der Waals surface area contributed by atoms with E-state index in [0.29, 0.717) is 16.7 Å². The molecule has 0 aromatic carbocycles. The van der Waals surface area contributed by atoms with Crippen molar-refractivity contribution in [2.45, 2.75) is 0 Å². The number of aromatic hydroxyl groups is 1. The van der Waals surface area contributed by atoms with Crippen LogP contribution in [0.25, 0.3) is 22.3 Å². The maximum absolute atomic E-state index is 12.4. The van der Waals surface area contributed by atoms with Gasteiger partial charge in [0.25, 0.3) is 5.56 Å². The summed E-state index contributed by atoms with van der Waals surface area (Å²) in [5.74, 6) is -0.0659. The number of carbonyl (C=O) groups is 1. The second-order valence-electron chi connectivity index (χ2n) is 4.73. The molecule has 0 radical (unpaired) electrons. The van der Waals surface area contributed by atoms with Crippen LogP contribution in [-0.2, 0) is 7.05 Å². The minimum absolute atomic E-state index is 0.0220. The molecule has 3 heterocycles. The molecular formula is C14H11N5O4. The third kappa shape index (κ3) is 2.67. The van der Waals surface area contributed by atoms with Crippen LogP contribution in [0.1, 0.15) is 0 Å². The minimum Gasteiger partial charge on any atom is -0.506 e. The van der Waals surface area contributed by atoms with Crippen molar-refractivity contribution < 1.29 is 15.0 Å². The second-order valence-corrected chi connectivity index (χ2v) is 4.73. The molecule has 23 heavy (non-hydrogen) atoms. The number of hydrogen-bond acceptors (Lipinski definition) is 6. The fourth-order valence-electron chi connectivity index (χ4n) is 2.08. The van der Waals surface area contributed by atoms with Gasteiger partial charge in [-0.3, -0.25) is 14.7 Å². The highest BCUT2D eigenvalue weighted by Crippen LogP contribution is 2.20. The van der Waals surface area contributed by atoms with E-state index in [1.54, 1.807) is 12.1 Å². The predicted molar refractivity (Wildman–Crippen MR) is 81.3 cm³/mol. The van der Waals surface area contributed by atoms with E-state index in [4.69, 9.17) is 5.11 Å². The number of nitrogens with zero attached hydrogens (tertiary/aromatic N) is 4. The molecule has 3 N–H and O–H groups in total. The van der Waals surface area contributed by atoms with Gasteiger partial charge in [-0.1, -0.05) is 0 Å². The van der Waals surface area contributed by atoms with Gasteiger partial charge in [0.15, 0.2) is 5.65 Å². The molecule has 0 aliphatic carbocycles. The summed E-state index contributed by atoms with van der Waals surface area (Å²) >= 11 is 0. The van der Waals surface area contributed by atoms with E-state index in [9.17, 15) is 14.7 Å². The van der Waals surface area contributed by atoms with Gasteiger partial charge in [0.2, 0.25) is 5.95 Å². The molecule has 0 spiro atoms. The smallest absolute Gasteiger partial charge is 0.411 e.